The third-order valence-electron chi connectivity index (χ3n) is 5.68. The maximum absolute atomic E-state index is 12.9. The molecule has 1 aliphatic heterocycles. The number of fused-ring (bicyclic) bond motifs is 1. The van der Waals surface area contributed by atoms with Crippen LogP contribution in [0.1, 0.15) is 35.2 Å². The maximum atomic E-state index is 12.9. The molecule has 0 unspecified atom stereocenters. The number of halogens is 1. The van der Waals surface area contributed by atoms with Crippen molar-refractivity contribution in [2.45, 2.75) is 25.8 Å². The van der Waals surface area contributed by atoms with Crippen LogP contribution in [0.25, 0.3) is 10.8 Å². The van der Waals surface area contributed by atoms with Gasteiger partial charge in [0.1, 0.15) is 12.3 Å². The Morgan fingerprint density at radius 3 is 2.43 bits per heavy atom. The summed E-state index contributed by atoms with van der Waals surface area (Å²) < 4.78 is 7.95. The monoisotopic (exact) mass is 438 g/mol. The zero-order chi connectivity index (χ0) is 19.6. The van der Waals surface area contributed by atoms with Gasteiger partial charge < -0.3 is 9.22 Å². The number of hydrogen-bond acceptors (Lipinski definition) is 2. The SMILES string of the molecule is C[N+]1(Cc2ccc3ccccc3c2OC(=O)c2ccc(Br)cc2)CCCCC1. The fraction of sp³-hybridized carbons (Fsp3) is 0.292. The lowest BCUT2D eigenvalue weighted by molar-refractivity contribution is -0.926. The number of benzene rings is 3. The Morgan fingerprint density at radius 2 is 1.68 bits per heavy atom. The van der Waals surface area contributed by atoms with Crippen LogP contribution in [0.5, 0.6) is 5.75 Å². The Morgan fingerprint density at radius 1 is 0.964 bits per heavy atom. The number of ether oxygens (including phenoxy) is 1. The predicted molar refractivity (Wildman–Crippen MR) is 117 cm³/mol. The molecular weight excluding hydrogens is 414 g/mol. The number of quaternary nitrogens is 1. The topological polar surface area (TPSA) is 26.3 Å². The Labute approximate surface area is 174 Å². The molecule has 3 aromatic rings. The van der Waals surface area contributed by atoms with Crippen molar-refractivity contribution in [2.75, 3.05) is 20.1 Å². The minimum atomic E-state index is -0.314. The number of piperidine rings is 1. The lowest BCUT2D eigenvalue weighted by Crippen LogP contribution is -2.47. The summed E-state index contributed by atoms with van der Waals surface area (Å²) in [6, 6.07) is 19.7. The molecule has 1 heterocycles. The largest absolute Gasteiger partial charge is 0.422 e. The van der Waals surface area contributed by atoms with Crippen molar-refractivity contribution in [1.82, 2.24) is 0 Å². The second-order valence-corrected chi connectivity index (χ2v) is 8.87. The van der Waals surface area contributed by atoms with Gasteiger partial charge in [-0.2, -0.15) is 0 Å². The molecule has 4 rings (SSSR count). The fourth-order valence-corrected chi connectivity index (χ4v) is 4.38. The number of likely N-dealkylation sites (tertiary alicyclic amines) is 1. The summed E-state index contributed by atoms with van der Waals surface area (Å²) in [5.41, 5.74) is 1.66. The second kappa shape index (κ2) is 8.06. The highest BCUT2D eigenvalue weighted by molar-refractivity contribution is 9.10. The van der Waals surface area contributed by atoms with E-state index in [4.69, 9.17) is 4.74 Å². The summed E-state index contributed by atoms with van der Waals surface area (Å²) in [6.07, 6.45) is 3.84. The molecule has 28 heavy (non-hydrogen) atoms. The molecule has 0 aliphatic carbocycles. The standard InChI is InChI=1S/C24H25BrNO2/c1-26(15-5-2-6-16-26)17-20-10-9-18-7-3-4-8-22(18)23(20)28-24(27)19-11-13-21(25)14-12-19/h3-4,7-14H,2,5-6,15-17H2,1H3/q+1. The van der Waals surface area contributed by atoms with Crippen LogP contribution < -0.4 is 4.74 Å². The van der Waals surface area contributed by atoms with E-state index in [0.29, 0.717) is 11.3 Å². The molecule has 1 saturated heterocycles. The van der Waals surface area contributed by atoms with Crippen LogP contribution in [-0.2, 0) is 6.54 Å². The zero-order valence-electron chi connectivity index (χ0n) is 16.2. The van der Waals surface area contributed by atoms with Gasteiger partial charge in [0.25, 0.3) is 0 Å². The van der Waals surface area contributed by atoms with E-state index in [9.17, 15) is 4.79 Å². The number of carbonyl (C=O) groups excluding carboxylic acids is 1. The Balaban J connectivity index is 1.71. The third-order valence-corrected chi connectivity index (χ3v) is 6.21. The highest BCUT2D eigenvalue weighted by atomic mass is 79.9. The van der Waals surface area contributed by atoms with E-state index in [1.54, 1.807) is 12.1 Å². The average Bonchev–Trinajstić information content (AvgIpc) is 2.70. The van der Waals surface area contributed by atoms with Gasteiger partial charge in [-0.05, 0) is 55.0 Å². The lowest BCUT2D eigenvalue weighted by Gasteiger charge is -2.38. The molecule has 0 N–H and O–H groups in total. The van der Waals surface area contributed by atoms with Crippen LogP contribution in [0.15, 0.2) is 65.1 Å². The molecule has 0 atom stereocenters. The summed E-state index contributed by atoms with van der Waals surface area (Å²) in [6.45, 7) is 3.23. The van der Waals surface area contributed by atoms with E-state index >= 15 is 0 Å². The third kappa shape index (κ3) is 4.13. The molecule has 3 aromatic carbocycles. The first-order chi connectivity index (χ1) is 13.5. The lowest BCUT2D eigenvalue weighted by atomic mass is 10.0. The molecule has 4 heteroatoms. The molecule has 0 radical (unpaired) electrons. The van der Waals surface area contributed by atoms with Gasteiger partial charge >= 0.3 is 5.97 Å². The molecule has 1 fully saturated rings. The summed E-state index contributed by atoms with van der Waals surface area (Å²) in [4.78, 5) is 12.9. The quantitative estimate of drug-likeness (QED) is 0.285. The minimum Gasteiger partial charge on any atom is -0.422 e. The van der Waals surface area contributed by atoms with Gasteiger partial charge in [0.05, 0.1) is 25.7 Å². The van der Waals surface area contributed by atoms with E-state index in [-0.39, 0.29) is 5.97 Å². The van der Waals surface area contributed by atoms with Crippen molar-refractivity contribution in [1.29, 1.82) is 0 Å². The minimum absolute atomic E-state index is 0.314. The molecule has 0 saturated carbocycles. The van der Waals surface area contributed by atoms with E-state index < -0.39 is 0 Å². The van der Waals surface area contributed by atoms with Crippen molar-refractivity contribution in [3.05, 3.63) is 76.3 Å². The highest BCUT2D eigenvalue weighted by Crippen LogP contribution is 2.33. The first kappa shape index (κ1) is 19.2. The Kier molecular flexibility index (Phi) is 5.51. The Hall–Kier alpha value is -2.17. The molecule has 144 valence electrons. The number of nitrogens with zero attached hydrogens (tertiary/aromatic N) is 1. The van der Waals surface area contributed by atoms with Crippen LogP contribution in [0.2, 0.25) is 0 Å². The molecule has 0 bridgehead atoms. The van der Waals surface area contributed by atoms with E-state index in [0.717, 1.165) is 31.8 Å². The Bertz CT molecular complexity index is 991. The number of esters is 1. The van der Waals surface area contributed by atoms with E-state index in [2.05, 4.69) is 41.2 Å². The van der Waals surface area contributed by atoms with Gasteiger partial charge in [-0.1, -0.05) is 46.3 Å². The first-order valence-corrected chi connectivity index (χ1v) is 10.7. The van der Waals surface area contributed by atoms with Crippen LogP contribution in [0, 0.1) is 0 Å². The van der Waals surface area contributed by atoms with Gasteiger partial charge in [-0.25, -0.2) is 4.79 Å². The van der Waals surface area contributed by atoms with Crippen molar-refractivity contribution >= 4 is 32.7 Å². The second-order valence-electron chi connectivity index (χ2n) is 7.96. The zero-order valence-corrected chi connectivity index (χ0v) is 17.7. The van der Waals surface area contributed by atoms with Crippen LogP contribution in [-0.4, -0.2) is 30.6 Å². The molecular formula is C24H25BrNO2+. The fourth-order valence-electron chi connectivity index (χ4n) is 4.12. The smallest absolute Gasteiger partial charge is 0.343 e. The van der Waals surface area contributed by atoms with E-state index in [1.807, 2.05) is 30.3 Å². The number of hydrogen-bond donors (Lipinski definition) is 0. The normalized spacial score (nSPS) is 16.1. The summed E-state index contributed by atoms with van der Waals surface area (Å²) in [5, 5.41) is 2.08. The van der Waals surface area contributed by atoms with Crippen LogP contribution in [0.4, 0.5) is 0 Å². The van der Waals surface area contributed by atoms with Gasteiger partial charge in [0.2, 0.25) is 0 Å². The van der Waals surface area contributed by atoms with Gasteiger partial charge in [-0.15, -0.1) is 0 Å². The number of carbonyl (C=O) groups is 1. The molecule has 0 aromatic heterocycles. The highest BCUT2D eigenvalue weighted by Gasteiger charge is 2.27. The molecule has 1 aliphatic rings. The molecule has 0 spiro atoms. The van der Waals surface area contributed by atoms with Gasteiger partial charge in [0.15, 0.2) is 0 Å². The van der Waals surface area contributed by atoms with Crippen molar-refractivity contribution < 1.29 is 14.0 Å². The van der Waals surface area contributed by atoms with Crippen molar-refractivity contribution in [3.8, 4) is 5.75 Å². The predicted octanol–water partition coefficient (Wildman–Crippen LogP) is 5.95. The van der Waals surface area contributed by atoms with Crippen LogP contribution >= 0.6 is 15.9 Å². The average molecular weight is 439 g/mol. The summed E-state index contributed by atoms with van der Waals surface area (Å²) in [5.74, 6) is 0.391. The molecule has 0 amide bonds. The van der Waals surface area contributed by atoms with Gasteiger partial charge in [-0.3, -0.25) is 0 Å². The first-order valence-electron chi connectivity index (χ1n) is 9.86. The van der Waals surface area contributed by atoms with E-state index in [1.165, 1.54) is 32.4 Å². The van der Waals surface area contributed by atoms with Gasteiger partial charge in [0, 0.05) is 15.4 Å². The van der Waals surface area contributed by atoms with Crippen LogP contribution in [0.3, 0.4) is 0 Å². The van der Waals surface area contributed by atoms with Crippen molar-refractivity contribution in [3.63, 3.8) is 0 Å². The summed E-state index contributed by atoms with van der Waals surface area (Å²) >= 11 is 3.41. The summed E-state index contributed by atoms with van der Waals surface area (Å²) in [7, 11) is 2.31. The maximum Gasteiger partial charge on any atom is 0.343 e. The number of rotatable bonds is 4. The van der Waals surface area contributed by atoms with Crippen molar-refractivity contribution in [2.24, 2.45) is 0 Å². The molecule has 3 nitrogen and oxygen atoms in total.